The van der Waals surface area contributed by atoms with Crippen molar-refractivity contribution in [2.45, 2.75) is 26.2 Å². The van der Waals surface area contributed by atoms with Crippen LogP contribution in [0.3, 0.4) is 0 Å². The van der Waals surface area contributed by atoms with Gasteiger partial charge >= 0.3 is 0 Å². The van der Waals surface area contributed by atoms with Crippen molar-refractivity contribution in [3.8, 4) is 0 Å². The van der Waals surface area contributed by atoms with Crippen molar-refractivity contribution < 1.29 is 4.79 Å². The van der Waals surface area contributed by atoms with Crippen LogP contribution in [0.4, 0.5) is 0 Å². The van der Waals surface area contributed by atoms with Crippen LogP contribution in [0.1, 0.15) is 35.7 Å². The van der Waals surface area contributed by atoms with E-state index in [1.807, 2.05) is 12.1 Å². The van der Waals surface area contributed by atoms with E-state index < -0.39 is 0 Å². The summed E-state index contributed by atoms with van der Waals surface area (Å²) in [6, 6.07) is 8.02. The van der Waals surface area contributed by atoms with E-state index in [0.29, 0.717) is 0 Å². The van der Waals surface area contributed by atoms with Gasteiger partial charge in [-0.25, -0.2) is 0 Å². The molecule has 0 aliphatic heterocycles. The van der Waals surface area contributed by atoms with Gasteiger partial charge in [-0.2, -0.15) is 0 Å². The molecule has 0 radical (unpaired) electrons. The van der Waals surface area contributed by atoms with Crippen LogP contribution in [0.25, 0.3) is 0 Å². The molecular formula is C12H14O. The highest BCUT2D eigenvalue weighted by Crippen LogP contribution is 2.32. The zero-order chi connectivity index (χ0) is 9.26. The van der Waals surface area contributed by atoms with Gasteiger partial charge in [0.2, 0.25) is 0 Å². The highest BCUT2D eigenvalue weighted by molar-refractivity contribution is 5.93. The summed E-state index contributed by atoms with van der Waals surface area (Å²) in [5, 5.41) is 0. The fourth-order valence-electron chi connectivity index (χ4n) is 1.53. The maximum Gasteiger partial charge on any atom is 0.159 e. The van der Waals surface area contributed by atoms with E-state index in [-0.39, 0.29) is 5.78 Å². The lowest BCUT2D eigenvalue weighted by Gasteiger charge is -2.00. The Hall–Kier alpha value is -1.11. The zero-order valence-corrected chi connectivity index (χ0v) is 7.92. The molecule has 2 rings (SSSR count). The first-order chi connectivity index (χ1) is 6.25. The van der Waals surface area contributed by atoms with Gasteiger partial charge < -0.3 is 0 Å². The van der Waals surface area contributed by atoms with Gasteiger partial charge in [-0.15, -0.1) is 0 Å². The number of ketones is 1. The van der Waals surface area contributed by atoms with Gasteiger partial charge in [0, 0.05) is 5.56 Å². The van der Waals surface area contributed by atoms with Crippen LogP contribution in [-0.2, 0) is 6.42 Å². The SMILES string of the molecule is CC(=O)c1ccc(CC2CC2)cc1. The molecule has 1 nitrogen and oxygen atoms in total. The summed E-state index contributed by atoms with van der Waals surface area (Å²) in [6.45, 7) is 1.61. The second kappa shape index (κ2) is 3.33. The topological polar surface area (TPSA) is 17.1 Å². The lowest BCUT2D eigenvalue weighted by molar-refractivity contribution is 0.101. The lowest BCUT2D eigenvalue weighted by Crippen LogP contribution is -1.93. The normalized spacial score (nSPS) is 15.8. The van der Waals surface area contributed by atoms with E-state index in [1.54, 1.807) is 6.92 Å². The summed E-state index contributed by atoms with van der Waals surface area (Å²) in [5.41, 5.74) is 2.19. The molecule has 1 aliphatic rings. The third-order valence-corrected chi connectivity index (χ3v) is 2.58. The lowest BCUT2D eigenvalue weighted by atomic mass is 10.1. The molecule has 0 atom stereocenters. The van der Waals surface area contributed by atoms with Crippen LogP contribution in [0.15, 0.2) is 24.3 Å². The molecule has 1 aliphatic carbocycles. The predicted molar refractivity (Wildman–Crippen MR) is 52.9 cm³/mol. The van der Waals surface area contributed by atoms with Crippen molar-refractivity contribution in [3.05, 3.63) is 35.4 Å². The van der Waals surface area contributed by atoms with E-state index in [2.05, 4.69) is 12.1 Å². The average Bonchev–Trinajstić information content (AvgIpc) is 2.89. The van der Waals surface area contributed by atoms with Crippen LogP contribution >= 0.6 is 0 Å². The van der Waals surface area contributed by atoms with Gasteiger partial charge in [0.05, 0.1) is 0 Å². The Labute approximate surface area is 78.8 Å². The number of carbonyl (C=O) groups excluding carboxylic acids is 1. The minimum absolute atomic E-state index is 0.151. The monoisotopic (exact) mass is 174 g/mol. The summed E-state index contributed by atoms with van der Waals surface area (Å²) in [4.78, 5) is 11.0. The molecule has 0 amide bonds. The molecule has 0 heterocycles. The van der Waals surface area contributed by atoms with E-state index in [4.69, 9.17) is 0 Å². The highest BCUT2D eigenvalue weighted by atomic mass is 16.1. The van der Waals surface area contributed by atoms with Gasteiger partial charge in [-0.1, -0.05) is 24.3 Å². The fourth-order valence-corrected chi connectivity index (χ4v) is 1.53. The molecule has 0 saturated heterocycles. The third-order valence-electron chi connectivity index (χ3n) is 2.58. The smallest absolute Gasteiger partial charge is 0.159 e. The largest absolute Gasteiger partial charge is 0.295 e. The molecule has 0 unspecified atom stereocenters. The van der Waals surface area contributed by atoms with Gasteiger partial charge in [-0.05, 0) is 37.7 Å². The highest BCUT2D eigenvalue weighted by Gasteiger charge is 2.21. The van der Waals surface area contributed by atoms with Gasteiger partial charge in [0.1, 0.15) is 0 Å². The molecule has 1 heteroatoms. The number of hydrogen-bond donors (Lipinski definition) is 0. The molecule has 0 aromatic heterocycles. The molecule has 0 N–H and O–H groups in total. The van der Waals surface area contributed by atoms with E-state index in [1.165, 1.54) is 24.8 Å². The summed E-state index contributed by atoms with van der Waals surface area (Å²) in [7, 11) is 0. The second-order valence-electron chi connectivity index (χ2n) is 3.90. The summed E-state index contributed by atoms with van der Waals surface area (Å²) < 4.78 is 0. The molecular weight excluding hydrogens is 160 g/mol. The van der Waals surface area contributed by atoms with Crippen molar-refractivity contribution in [2.75, 3.05) is 0 Å². The quantitative estimate of drug-likeness (QED) is 0.644. The summed E-state index contributed by atoms with van der Waals surface area (Å²) >= 11 is 0. The molecule has 1 aromatic rings. The third kappa shape index (κ3) is 2.18. The molecule has 0 bridgehead atoms. The fraction of sp³-hybridized carbons (Fsp3) is 0.417. The van der Waals surface area contributed by atoms with Crippen LogP contribution in [0.5, 0.6) is 0 Å². The number of benzene rings is 1. The van der Waals surface area contributed by atoms with E-state index >= 15 is 0 Å². The van der Waals surface area contributed by atoms with E-state index in [9.17, 15) is 4.79 Å². The Balaban J connectivity index is 2.08. The van der Waals surface area contributed by atoms with Crippen LogP contribution in [-0.4, -0.2) is 5.78 Å². The Bertz CT molecular complexity index is 306. The van der Waals surface area contributed by atoms with Crippen molar-refractivity contribution in [1.82, 2.24) is 0 Å². The van der Waals surface area contributed by atoms with Gasteiger partial charge in [0.25, 0.3) is 0 Å². The maximum atomic E-state index is 11.0. The first-order valence-electron chi connectivity index (χ1n) is 4.85. The molecule has 1 aromatic carbocycles. The first-order valence-corrected chi connectivity index (χ1v) is 4.85. The summed E-state index contributed by atoms with van der Waals surface area (Å²) in [5.74, 6) is 1.07. The minimum Gasteiger partial charge on any atom is -0.295 e. The van der Waals surface area contributed by atoms with Crippen molar-refractivity contribution in [2.24, 2.45) is 5.92 Å². The first kappa shape index (κ1) is 8.49. The van der Waals surface area contributed by atoms with Crippen LogP contribution in [0.2, 0.25) is 0 Å². The minimum atomic E-state index is 0.151. The van der Waals surface area contributed by atoms with Crippen LogP contribution in [0, 0.1) is 5.92 Å². The molecule has 0 spiro atoms. The number of hydrogen-bond acceptors (Lipinski definition) is 1. The molecule has 1 saturated carbocycles. The average molecular weight is 174 g/mol. The standard InChI is InChI=1S/C12H14O/c1-9(13)12-6-4-11(5-7-12)8-10-2-3-10/h4-7,10H,2-3,8H2,1H3. The van der Waals surface area contributed by atoms with Crippen molar-refractivity contribution >= 4 is 5.78 Å². The maximum absolute atomic E-state index is 11.0. The molecule has 1 fully saturated rings. The Kier molecular flexibility index (Phi) is 2.17. The summed E-state index contributed by atoms with van der Waals surface area (Å²) in [6.07, 6.45) is 3.96. The van der Waals surface area contributed by atoms with Crippen LogP contribution < -0.4 is 0 Å². The Morgan fingerprint density at radius 3 is 2.38 bits per heavy atom. The van der Waals surface area contributed by atoms with Crippen molar-refractivity contribution in [3.63, 3.8) is 0 Å². The van der Waals surface area contributed by atoms with Gasteiger partial charge in [-0.3, -0.25) is 4.79 Å². The Morgan fingerprint density at radius 2 is 1.92 bits per heavy atom. The second-order valence-corrected chi connectivity index (χ2v) is 3.90. The number of carbonyl (C=O) groups is 1. The molecule has 13 heavy (non-hydrogen) atoms. The number of Topliss-reactive ketones (excluding diaryl/α,β-unsaturated/α-hetero) is 1. The number of rotatable bonds is 3. The predicted octanol–water partition coefficient (Wildman–Crippen LogP) is 2.84. The van der Waals surface area contributed by atoms with Crippen molar-refractivity contribution in [1.29, 1.82) is 0 Å². The van der Waals surface area contributed by atoms with Gasteiger partial charge in [0.15, 0.2) is 5.78 Å². The Morgan fingerprint density at radius 1 is 1.31 bits per heavy atom. The zero-order valence-electron chi connectivity index (χ0n) is 7.92. The van der Waals surface area contributed by atoms with E-state index in [0.717, 1.165) is 11.5 Å². The molecule has 68 valence electrons.